The number of aliphatic hydroxyl groups is 1. The molecular weight excluding hydrogens is 316 g/mol. The van der Waals surface area contributed by atoms with Crippen LogP contribution in [0.15, 0.2) is 30.3 Å². The summed E-state index contributed by atoms with van der Waals surface area (Å²) in [6.45, 7) is 4.29. The minimum Gasteiger partial charge on any atom is -0.453 e. The smallest absolute Gasteiger partial charge is 0.305 e. The lowest BCUT2D eigenvalue weighted by molar-refractivity contribution is -0.296. The van der Waals surface area contributed by atoms with Crippen LogP contribution < -0.4 is 0 Å². The fraction of sp³-hybridized carbons (Fsp3) is 0.529. The lowest BCUT2D eigenvalue weighted by Crippen LogP contribution is -2.59. The first-order valence-electron chi connectivity index (χ1n) is 7.72. The van der Waals surface area contributed by atoms with Crippen LogP contribution in [-0.4, -0.2) is 47.8 Å². The maximum absolute atomic E-state index is 11.4. The molecule has 1 aromatic rings. The summed E-state index contributed by atoms with van der Waals surface area (Å²) in [5.74, 6) is -1.17. The monoisotopic (exact) mass is 338 g/mol. The maximum Gasteiger partial charge on any atom is 0.305 e. The SMILES string of the molecule is CC(=O)OC1O[C@@H](C)[C@H](O)[C@@H](OCc2ccccc2)[C@H]1OC(C)=O. The Hall–Kier alpha value is -1.96. The molecule has 1 aromatic carbocycles. The summed E-state index contributed by atoms with van der Waals surface area (Å²) < 4.78 is 21.5. The molecule has 1 aliphatic rings. The van der Waals surface area contributed by atoms with Gasteiger partial charge in [-0.3, -0.25) is 9.59 Å². The molecule has 0 radical (unpaired) electrons. The summed E-state index contributed by atoms with van der Waals surface area (Å²) in [5.41, 5.74) is 0.898. The second kappa shape index (κ2) is 8.23. The summed E-state index contributed by atoms with van der Waals surface area (Å²) in [5, 5.41) is 10.4. The number of carbonyl (C=O) groups excluding carboxylic acids is 2. The van der Waals surface area contributed by atoms with Gasteiger partial charge in [-0.25, -0.2) is 0 Å². The number of hydrogen-bond donors (Lipinski definition) is 1. The Balaban J connectivity index is 2.16. The molecule has 0 spiro atoms. The van der Waals surface area contributed by atoms with Gasteiger partial charge in [-0.1, -0.05) is 30.3 Å². The van der Waals surface area contributed by atoms with E-state index < -0.39 is 42.6 Å². The molecule has 7 heteroatoms. The molecule has 0 bridgehead atoms. The van der Waals surface area contributed by atoms with Crippen LogP contribution >= 0.6 is 0 Å². The number of aliphatic hydroxyl groups excluding tert-OH is 1. The van der Waals surface area contributed by atoms with Gasteiger partial charge in [-0.2, -0.15) is 0 Å². The molecule has 0 amide bonds. The summed E-state index contributed by atoms with van der Waals surface area (Å²) in [4.78, 5) is 22.7. The van der Waals surface area contributed by atoms with Crippen molar-refractivity contribution in [3.63, 3.8) is 0 Å². The average molecular weight is 338 g/mol. The molecular formula is C17H22O7. The zero-order chi connectivity index (χ0) is 17.7. The third-order valence-corrected chi connectivity index (χ3v) is 3.63. The van der Waals surface area contributed by atoms with Crippen LogP contribution in [0, 0.1) is 0 Å². The molecule has 1 saturated heterocycles. The van der Waals surface area contributed by atoms with Crippen LogP contribution in [0.4, 0.5) is 0 Å². The van der Waals surface area contributed by atoms with E-state index in [-0.39, 0.29) is 6.61 Å². The number of benzene rings is 1. The van der Waals surface area contributed by atoms with E-state index in [1.54, 1.807) is 6.92 Å². The number of esters is 2. The predicted octanol–water partition coefficient (Wildman–Crippen LogP) is 1.17. The van der Waals surface area contributed by atoms with E-state index >= 15 is 0 Å². The summed E-state index contributed by atoms with van der Waals surface area (Å²) in [7, 11) is 0. The van der Waals surface area contributed by atoms with Gasteiger partial charge >= 0.3 is 11.9 Å². The Kier molecular flexibility index (Phi) is 6.30. The topological polar surface area (TPSA) is 91.3 Å². The zero-order valence-corrected chi connectivity index (χ0v) is 13.9. The quantitative estimate of drug-likeness (QED) is 0.806. The number of ether oxygens (including phenoxy) is 4. The zero-order valence-electron chi connectivity index (χ0n) is 13.9. The van der Waals surface area contributed by atoms with Gasteiger partial charge in [0.05, 0.1) is 12.7 Å². The fourth-order valence-corrected chi connectivity index (χ4v) is 2.52. The number of carbonyl (C=O) groups is 2. The molecule has 1 unspecified atom stereocenters. The standard InChI is InChI=1S/C17H22O7/c1-10-14(20)15(21-9-13-7-5-4-6-8-13)16(23-11(2)18)17(22-10)24-12(3)19/h4-8,10,14-17,20H,9H2,1-3H3/t10-,14-,15+,16+,17?/m0/s1. The molecule has 0 aromatic heterocycles. The van der Waals surface area contributed by atoms with Gasteiger partial charge in [0, 0.05) is 13.8 Å². The Morgan fingerprint density at radius 2 is 1.71 bits per heavy atom. The molecule has 7 nitrogen and oxygen atoms in total. The molecule has 5 atom stereocenters. The van der Waals surface area contributed by atoms with Crippen molar-refractivity contribution >= 4 is 11.9 Å². The first kappa shape index (κ1) is 18.4. The first-order valence-corrected chi connectivity index (χ1v) is 7.72. The highest BCUT2D eigenvalue weighted by molar-refractivity contribution is 5.67. The number of hydrogen-bond acceptors (Lipinski definition) is 7. The lowest BCUT2D eigenvalue weighted by Gasteiger charge is -2.42. The van der Waals surface area contributed by atoms with E-state index in [9.17, 15) is 14.7 Å². The van der Waals surface area contributed by atoms with Gasteiger partial charge in [0.25, 0.3) is 0 Å². The summed E-state index contributed by atoms with van der Waals surface area (Å²) in [6, 6.07) is 9.37. The molecule has 1 heterocycles. The van der Waals surface area contributed by atoms with Crippen molar-refractivity contribution in [2.45, 2.75) is 58.1 Å². The predicted molar refractivity (Wildman–Crippen MR) is 82.7 cm³/mol. The highest BCUT2D eigenvalue weighted by Crippen LogP contribution is 2.27. The number of rotatable bonds is 5. The van der Waals surface area contributed by atoms with Crippen LogP contribution in [-0.2, 0) is 35.1 Å². The molecule has 1 fully saturated rings. The second-order valence-electron chi connectivity index (χ2n) is 5.64. The Labute approximate surface area is 140 Å². The largest absolute Gasteiger partial charge is 0.453 e. The van der Waals surface area contributed by atoms with E-state index in [1.165, 1.54) is 13.8 Å². The van der Waals surface area contributed by atoms with Crippen molar-refractivity contribution in [2.75, 3.05) is 0 Å². The van der Waals surface area contributed by atoms with E-state index in [0.717, 1.165) is 5.56 Å². The summed E-state index contributed by atoms with van der Waals surface area (Å²) in [6.07, 6.45) is -4.76. The lowest BCUT2D eigenvalue weighted by atomic mass is 9.99. The van der Waals surface area contributed by atoms with Crippen LogP contribution in [0.3, 0.4) is 0 Å². The Bertz CT molecular complexity index is 559. The molecule has 24 heavy (non-hydrogen) atoms. The molecule has 132 valence electrons. The average Bonchev–Trinajstić information content (AvgIpc) is 2.52. The molecule has 0 aliphatic carbocycles. The van der Waals surface area contributed by atoms with Crippen molar-refractivity contribution in [3.05, 3.63) is 35.9 Å². The van der Waals surface area contributed by atoms with Crippen LogP contribution in [0.25, 0.3) is 0 Å². The Morgan fingerprint density at radius 1 is 1.08 bits per heavy atom. The first-order chi connectivity index (χ1) is 11.4. The molecule has 2 rings (SSSR count). The van der Waals surface area contributed by atoms with Crippen LogP contribution in [0.5, 0.6) is 0 Å². The third-order valence-electron chi connectivity index (χ3n) is 3.63. The van der Waals surface area contributed by atoms with Gasteiger partial charge < -0.3 is 24.1 Å². The third kappa shape index (κ3) is 4.77. The minimum absolute atomic E-state index is 0.208. The van der Waals surface area contributed by atoms with Crippen molar-refractivity contribution in [1.82, 2.24) is 0 Å². The maximum atomic E-state index is 11.4. The van der Waals surface area contributed by atoms with Gasteiger partial charge in [0.15, 0.2) is 6.10 Å². The summed E-state index contributed by atoms with van der Waals surface area (Å²) >= 11 is 0. The normalized spacial score (nSPS) is 29.8. The van der Waals surface area contributed by atoms with Crippen molar-refractivity contribution in [3.8, 4) is 0 Å². The molecule has 1 aliphatic heterocycles. The van der Waals surface area contributed by atoms with Crippen molar-refractivity contribution in [2.24, 2.45) is 0 Å². The van der Waals surface area contributed by atoms with Crippen LogP contribution in [0.1, 0.15) is 26.3 Å². The van der Waals surface area contributed by atoms with E-state index in [0.29, 0.717) is 0 Å². The molecule has 0 saturated carbocycles. The fourth-order valence-electron chi connectivity index (χ4n) is 2.52. The van der Waals surface area contributed by atoms with Gasteiger partial charge in [0.2, 0.25) is 6.29 Å². The van der Waals surface area contributed by atoms with Gasteiger partial charge in [0.1, 0.15) is 12.2 Å². The van der Waals surface area contributed by atoms with Crippen molar-refractivity contribution in [1.29, 1.82) is 0 Å². The minimum atomic E-state index is -1.13. The highest BCUT2D eigenvalue weighted by Gasteiger charge is 2.48. The van der Waals surface area contributed by atoms with Gasteiger partial charge in [-0.15, -0.1) is 0 Å². The van der Waals surface area contributed by atoms with Crippen molar-refractivity contribution < 1.29 is 33.6 Å². The van der Waals surface area contributed by atoms with E-state index in [4.69, 9.17) is 18.9 Å². The molecule has 1 N–H and O–H groups in total. The second-order valence-corrected chi connectivity index (χ2v) is 5.64. The van der Waals surface area contributed by atoms with Gasteiger partial charge in [-0.05, 0) is 12.5 Å². The van der Waals surface area contributed by atoms with Crippen LogP contribution in [0.2, 0.25) is 0 Å². The Morgan fingerprint density at radius 3 is 2.29 bits per heavy atom. The van der Waals surface area contributed by atoms with E-state index in [1.807, 2.05) is 30.3 Å². The van der Waals surface area contributed by atoms with E-state index in [2.05, 4.69) is 0 Å². The highest BCUT2D eigenvalue weighted by atomic mass is 16.7.